The van der Waals surface area contributed by atoms with Crippen LogP contribution in [-0.2, 0) is 0 Å². The van der Waals surface area contributed by atoms with Gasteiger partial charge in [0, 0.05) is 11.4 Å². The number of nitrogens with zero attached hydrogens (tertiary/aromatic N) is 1. The molecule has 0 fully saturated rings. The zero-order valence-corrected chi connectivity index (χ0v) is 12.1. The molecule has 5 heteroatoms. The lowest BCUT2D eigenvalue weighted by molar-refractivity contribution is 0.628. The topological polar surface area (TPSA) is 24.4 Å². The van der Waals surface area contributed by atoms with Gasteiger partial charge in [0.2, 0.25) is 0 Å². The molecule has 0 radical (unpaired) electrons. The van der Waals surface area contributed by atoms with Gasteiger partial charge in [0.25, 0.3) is 0 Å². The van der Waals surface area contributed by atoms with Crippen molar-refractivity contribution in [2.45, 2.75) is 6.04 Å². The molecule has 0 spiro atoms. The summed E-state index contributed by atoms with van der Waals surface area (Å²) in [6.07, 6.45) is 0. The van der Waals surface area contributed by atoms with E-state index in [-0.39, 0.29) is 11.1 Å². The smallest absolute Gasteiger partial charge is 0.161 e. The third-order valence-electron chi connectivity index (χ3n) is 3.01. The first-order valence-electron chi connectivity index (χ1n) is 6.20. The second-order valence-corrected chi connectivity index (χ2v) is 5.84. The molecule has 1 heterocycles. The Bertz CT molecular complexity index is 646. The summed E-state index contributed by atoms with van der Waals surface area (Å²) in [7, 11) is 0. The van der Waals surface area contributed by atoms with Crippen molar-refractivity contribution in [2.24, 2.45) is 4.99 Å². The molecule has 0 saturated heterocycles. The van der Waals surface area contributed by atoms with Gasteiger partial charge in [-0.3, -0.25) is 4.99 Å². The molecule has 0 amide bonds. The molecule has 0 aliphatic carbocycles. The predicted octanol–water partition coefficient (Wildman–Crippen LogP) is 4.74. The van der Waals surface area contributed by atoms with Gasteiger partial charge >= 0.3 is 0 Å². The van der Waals surface area contributed by atoms with Gasteiger partial charge in [-0.25, -0.2) is 4.39 Å². The number of aliphatic imine (C=N–C) groups is 1. The van der Waals surface area contributed by atoms with E-state index in [1.807, 2.05) is 18.2 Å². The summed E-state index contributed by atoms with van der Waals surface area (Å²) in [5.74, 6) is 0.488. The maximum atomic E-state index is 13.1. The van der Waals surface area contributed by atoms with E-state index in [9.17, 15) is 4.39 Å². The summed E-state index contributed by atoms with van der Waals surface area (Å²) >= 11 is 7.41. The van der Waals surface area contributed by atoms with Crippen LogP contribution in [0.15, 0.2) is 53.5 Å². The van der Waals surface area contributed by atoms with Crippen LogP contribution in [0.5, 0.6) is 0 Å². The molecule has 1 aliphatic heterocycles. The predicted molar refractivity (Wildman–Crippen MR) is 84.1 cm³/mol. The Morgan fingerprint density at radius 1 is 1.20 bits per heavy atom. The zero-order valence-electron chi connectivity index (χ0n) is 10.5. The summed E-state index contributed by atoms with van der Waals surface area (Å²) < 4.78 is 13.1. The molecule has 1 N–H and O–H groups in total. The molecule has 102 valence electrons. The van der Waals surface area contributed by atoms with E-state index in [2.05, 4.69) is 22.4 Å². The standard InChI is InChI=1S/C15H12ClFN2S/c16-12-8-11(6-7-13(12)17)18-15-19-14(9-20-15)10-4-2-1-3-5-10/h1-8,14H,9H2,(H,18,19). The molecule has 2 aromatic rings. The Balaban J connectivity index is 1.74. The number of nitrogens with one attached hydrogen (secondary N) is 1. The van der Waals surface area contributed by atoms with Crippen molar-refractivity contribution in [3.63, 3.8) is 0 Å². The summed E-state index contributed by atoms with van der Waals surface area (Å²) in [6.45, 7) is 0. The lowest BCUT2D eigenvalue weighted by Gasteiger charge is -2.05. The largest absolute Gasteiger partial charge is 0.335 e. The van der Waals surface area contributed by atoms with Gasteiger partial charge in [-0.05, 0) is 23.8 Å². The number of hydrogen-bond acceptors (Lipinski definition) is 3. The lowest BCUT2D eigenvalue weighted by atomic mass is 10.1. The van der Waals surface area contributed by atoms with Crippen molar-refractivity contribution >= 4 is 34.2 Å². The molecule has 0 aromatic heterocycles. The van der Waals surface area contributed by atoms with Gasteiger partial charge < -0.3 is 5.32 Å². The van der Waals surface area contributed by atoms with Crippen molar-refractivity contribution < 1.29 is 4.39 Å². The zero-order chi connectivity index (χ0) is 13.9. The summed E-state index contributed by atoms with van der Waals surface area (Å²) in [5.41, 5.74) is 1.95. The van der Waals surface area contributed by atoms with Crippen LogP contribution >= 0.6 is 23.4 Å². The van der Waals surface area contributed by atoms with Crippen LogP contribution in [0, 0.1) is 5.82 Å². The van der Waals surface area contributed by atoms with E-state index in [0.29, 0.717) is 0 Å². The van der Waals surface area contributed by atoms with Crippen LogP contribution in [0.25, 0.3) is 0 Å². The molecule has 0 bridgehead atoms. The van der Waals surface area contributed by atoms with Crippen molar-refractivity contribution in [2.75, 3.05) is 11.1 Å². The summed E-state index contributed by atoms with van der Waals surface area (Å²) in [5, 5.41) is 4.11. The van der Waals surface area contributed by atoms with Crippen molar-refractivity contribution in [1.29, 1.82) is 0 Å². The van der Waals surface area contributed by atoms with Crippen molar-refractivity contribution in [3.05, 3.63) is 64.9 Å². The van der Waals surface area contributed by atoms with Crippen LogP contribution in [0.1, 0.15) is 11.6 Å². The molecule has 2 aromatic carbocycles. The van der Waals surface area contributed by atoms with Gasteiger partial charge in [-0.2, -0.15) is 0 Å². The third-order valence-corrected chi connectivity index (χ3v) is 4.26. The number of halogens is 2. The van der Waals surface area contributed by atoms with Crippen LogP contribution < -0.4 is 5.32 Å². The van der Waals surface area contributed by atoms with E-state index >= 15 is 0 Å². The van der Waals surface area contributed by atoms with Crippen LogP contribution in [0.2, 0.25) is 5.02 Å². The number of anilines is 1. The van der Waals surface area contributed by atoms with E-state index < -0.39 is 5.82 Å². The molecule has 2 nitrogen and oxygen atoms in total. The average Bonchev–Trinajstić information content (AvgIpc) is 2.92. The number of hydrogen-bond donors (Lipinski definition) is 1. The van der Waals surface area contributed by atoms with E-state index in [0.717, 1.165) is 16.6 Å². The first kappa shape index (κ1) is 13.5. The molecule has 3 rings (SSSR count). The molecular weight excluding hydrogens is 295 g/mol. The fraction of sp³-hybridized carbons (Fsp3) is 0.133. The third kappa shape index (κ3) is 2.97. The van der Waals surface area contributed by atoms with Crippen molar-refractivity contribution in [3.8, 4) is 0 Å². The highest BCUT2D eigenvalue weighted by atomic mass is 35.5. The number of amidine groups is 1. The number of thioether (sulfide) groups is 1. The Morgan fingerprint density at radius 3 is 2.75 bits per heavy atom. The highest BCUT2D eigenvalue weighted by Crippen LogP contribution is 2.31. The minimum absolute atomic E-state index is 0.109. The highest BCUT2D eigenvalue weighted by molar-refractivity contribution is 8.14. The van der Waals surface area contributed by atoms with E-state index in [1.54, 1.807) is 23.9 Å². The Hall–Kier alpha value is -1.52. The molecule has 0 saturated carbocycles. The molecule has 1 unspecified atom stereocenters. The van der Waals surface area contributed by atoms with Gasteiger partial charge in [0.15, 0.2) is 5.17 Å². The SMILES string of the molecule is Fc1ccc(NC2=NC(c3ccccc3)CS2)cc1Cl. The van der Waals surface area contributed by atoms with Crippen LogP contribution in [0.3, 0.4) is 0 Å². The Morgan fingerprint density at radius 2 is 2.00 bits per heavy atom. The second-order valence-electron chi connectivity index (χ2n) is 4.43. The Kier molecular flexibility index (Phi) is 3.94. The van der Waals surface area contributed by atoms with Gasteiger partial charge in [0.05, 0.1) is 11.1 Å². The molecule has 20 heavy (non-hydrogen) atoms. The minimum Gasteiger partial charge on any atom is -0.335 e. The van der Waals surface area contributed by atoms with Gasteiger partial charge in [-0.1, -0.05) is 53.7 Å². The first-order valence-corrected chi connectivity index (χ1v) is 7.56. The fourth-order valence-corrected chi connectivity index (χ4v) is 3.14. The maximum absolute atomic E-state index is 13.1. The van der Waals surface area contributed by atoms with Gasteiger partial charge in [-0.15, -0.1) is 0 Å². The molecule has 1 atom stereocenters. The Labute approximate surface area is 126 Å². The average molecular weight is 307 g/mol. The fourth-order valence-electron chi connectivity index (χ4n) is 1.99. The highest BCUT2D eigenvalue weighted by Gasteiger charge is 2.19. The van der Waals surface area contributed by atoms with E-state index in [1.165, 1.54) is 11.6 Å². The van der Waals surface area contributed by atoms with Crippen molar-refractivity contribution in [1.82, 2.24) is 0 Å². The van der Waals surface area contributed by atoms with Crippen LogP contribution in [-0.4, -0.2) is 10.9 Å². The van der Waals surface area contributed by atoms with Crippen LogP contribution in [0.4, 0.5) is 10.1 Å². The monoisotopic (exact) mass is 306 g/mol. The number of rotatable bonds is 2. The lowest BCUT2D eigenvalue weighted by Crippen LogP contribution is -2.04. The first-order chi connectivity index (χ1) is 9.72. The van der Waals surface area contributed by atoms with Gasteiger partial charge in [0.1, 0.15) is 5.82 Å². The molecular formula is C15H12ClFN2S. The summed E-state index contributed by atoms with van der Waals surface area (Å²) in [4.78, 5) is 4.64. The quantitative estimate of drug-likeness (QED) is 0.867. The minimum atomic E-state index is -0.416. The summed E-state index contributed by atoms with van der Waals surface area (Å²) in [6, 6.07) is 14.9. The number of benzene rings is 2. The molecule has 1 aliphatic rings. The van der Waals surface area contributed by atoms with E-state index in [4.69, 9.17) is 11.6 Å². The second kappa shape index (κ2) is 5.85. The maximum Gasteiger partial charge on any atom is 0.161 e. The normalized spacial score (nSPS) is 17.9.